The molecule has 364 valence electrons. The van der Waals surface area contributed by atoms with E-state index in [4.69, 9.17) is 4.74 Å². The molecule has 1 amide bonds. The number of nitrogens with one attached hydrogen (secondary N) is 1. The topological polar surface area (TPSA) is 95.9 Å². The number of carbonyl (C=O) groups excluding carboxylic acids is 2. The van der Waals surface area contributed by atoms with Crippen molar-refractivity contribution in [2.45, 2.75) is 302 Å². The number of aliphatic hydroxyl groups excluding tert-OH is 2. The number of unbranched alkanes of at least 4 members (excludes halogenated alkanes) is 31. The second-order valence-corrected chi connectivity index (χ2v) is 18.6. The highest BCUT2D eigenvalue weighted by atomic mass is 16.5. The standard InChI is InChI=1S/C56H105NO5/c1-4-7-10-13-16-19-22-25-28-29-32-35-38-41-44-47-52(62-56(61)49-46-43-40-37-34-31-27-24-21-18-15-12-9-6-3)50-55(60)57-53(51-58)54(59)48-45-42-39-36-33-30-26-23-20-17-14-11-8-5-2/h9,12,18,21,27,31,52-54,58-59H,4-8,10-11,13-17,19-20,22-26,28-30,32-51H2,1-3H3,(H,57,60)/b12-9+,21-18+,31-27+. The second-order valence-electron chi connectivity index (χ2n) is 18.6. The minimum Gasteiger partial charge on any atom is -0.462 e. The Bertz CT molecular complexity index is 1020. The zero-order valence-corrected chi connectivity index (χ0v) is 41.5. The molecule has 0 aliphatic rings. The van der Waals surface area contributed by atoms with Crippen molar-refractivity contribution in [1.29, 1.82) is 0 Å². The van der Waals surface area contributed by atoms with Gasteiger partial charge in [0.25, 0.3) is 0 Å². The normalized spacial score (nSPS) is 13.4. The zero-order valence-electron chi connectivity index (χ0n) is 41.5. The lowest BCUT2D eigenvalue weighted by molar-refractivity contribution is -0.151. The van der Waals surface area contributed by atoms with Crippen LogP contribution in [0.25, 0.3) is 0 Å². The van der Waals surface area contributed by atoms with Crippen LogP contribution in [0, 0.1) is 0 Å². The van der Waals surface area contributed by atoms with Gasteiger partial charge in [0.15, 0.2) is 0 Å². The summed E-state index contributed by atoms with van der Waals surface area (Å²) in [6, 6.07) is -0.703. The number of allylic oxidation sites excluding steroid dienone is 6. The van der Waals surface area contributed by atoms with Crippen LogP contribution in [0.1, 0.15) is 284 Å². The molecule has 0 bridgehead atoms. The third kappa shape index (κ3) is 44.7. The molecule has 62 heavy (non-hydrogen) atoms. The average molecular weight is 872 g/mol. The molecular weight excluding hydrogens is 767 g/mol. The van der Waals surface area contributed by atoms with Gasteiger partial charge in [0.2, 0.25) is 5.91 Å². The maximum Gasteiger partial charge on any atom is 0.306 e. The monoisotopic (exact) mass is 872 g/mol. The number of esters is 1. The van der Waals surface area contributed by atoms with Gasteiger partial charge in [0.05, 0.1) is 25.2 Å². The highest BCUT2D eigenvalue weighted by molar-refractivity contribution is 5.77. The average Bonchev–Trinajstić information content (AvgIpc) is 3.26. The molecule has 0 aromatic rings. The number of hydrogen-bond acceptors (Lipinski definition) is 5. The molecule has 0 aromatic carbocycles. The highest BCUT2D eigenvalue weighted by Gasteiger charge is 2.24. The molecule has 6 nitrogen and oxygen atoms in total. The van der Waals surface area contributed by atoms with Gasteiger partial charge in [-0.15, -0.1) is 0 Å². The van der Waals surface area contributed by atoms with Crippen molar-refractivity contribution in [2.24, 2.45) is 0 Å². The summed E-state index contributed by atoms with van der Waals surface area (Å²) in [6.07, 6.45) is 59.2. The lowest BCUT2D eigenvalue weighted by atomic mass is 10.0. The fourth-order valence-electron chi connectivity index (χ4n) is 8.39. The number of amides is 1. The number of carbonyl (C=O) groups is 2. The van der Waals surface area contributed by atoms with Crippen molar-refractivity contribution in [3.63, 3.8) is 0 Å². The molecule has 0 aliphatic carbocycles. The van der Waals surface area contributed by atoms with Gasteiger partial charge >= 0.3 is 5.97 Å². The molecule has 0 aromatic heterocycles. The van der Waals surface area contributed by atoms with Gasteiger partial charge in [0, 0.05) is 6.42 Å². The van der Waals surface area contributed by atoms with Gasteiger partial charge < -0.3 is 20.3 Å². The van der Waals surface area contributed by atoms with Crippen LogP contribution >= 0.6 is 0 Å². The largest absolute Gasteiger partial charge is 0.462 e. The number of rotatable bonds is 49. The Morgan fingerprint density at radius 1 is 0.484 bits per heavy atom. The summed E-state index contributed by atoms with van der Waals surface area (Å²) in [7, 11) is 0. The number of aliphatic hydroxyl groups is 2. The molecule has 0 spiro atoms. The molecule has 0 radical (unpaired) electrons. The molecule has 0 rings (SSSR count). The molecule has 3 N–H and O–H groups in total. The van der Waals surface area contributed by atoms with E-state index < -0.39 is 18.2 Å². The molecule has 0 heterocycles. The van der Waals surface area contributed by atoms with Crippen LogP contribution in [0.3, 0.4) is 0 Å². The molecule has 3 unspecified atom stereocenters. The van der Waals surface area contributed by atoms with E-state index in [0.717, 1.165) is 77.0 Å². The van der Waals surface area contributed by atoms with Gasteiger partial charge in [-0.05, 0) is 57.8 Å². The van der Waals surface area contributed by atoms with Crippen molar-refractivity contribution >= 4 is 11.9 Å². The van der Waals surface area contributed by atoms with Gasteiger partial charge in [0.1, 0.15) is 6.10 Å². The van der Waals surface area contributed by atoms with Crippen LogP contribution in [0.2, 0.25) is 0 Å². The van der Waals surface area contributed by atoms with E-state index in [1.54, 1.807) is 0 Å². The Kier molecular flexibility index (Phi) is 48.5. The molecule has 6 heteroatoms. The van der Waals surface area contributed by atoms with E-state index in [1.165, 1.54) is 161 Å². The van der Waals surface area contributed by atoms with Crippen molar-refractivity contribution in [3.05, 3.63) is 36.5 Å². The SMILES string of the molecule is CC/C=C/C/C=C/C/C=C/CCCCCCC(=O)OC(CCCCCCCCCCCCCCCCC)CC(=O)NC(CO)C(O)CCCCCCCCCCCCCCCC. The Morgan fingerprint density at radius 2 is 0.871 bits per heavy atom. The van der Waals surface area contributed by atoms with Crippen LogP contribution in [-0.4, -0.2) is 46.9 Å². The maximum absolute atomic E-state index is 13.2. The summed E-state index contributed by atoms with van der Waals surface area (Å²) in [4.78, 5) is 26.2. The van der Waals surface area contributed by atoms with Gasteiger partial charge in [-0.3, -0.25) is 9.59 Å². The summed E-state index contributed by atoms with van der Waals surface area (Å²) in [5.41, 5.74) is 0. The van der Waals surface area contributed by atoms with Crippen molar-refractivity contribution < 1.29 is 24.5 Å². The van der Waals surface area contributed by atoms with E-state index in [0.29, 0.717) is 19.3 Å². The first-order valence-corrected chi connectivity index (χ1v) is 27.2. The van der Waals surface area contributed by atoms with Gasteiger partial charge in [-0.1, -0.05) is 250 Å². The Labute approximate surface area is 385 Å². The fraction of sp³-hybridized carbons (Fsp3) is 0.857. The van der Waals surface area contributed by atoms with E-state index in [1.807, 2.05) is 0 Å². The van der Waals surface area contributed by atoms with Crippen LogP contribution in [-0.2, 0) is 14.3 Å². The predicted octanol–water partition coefficient (Wildman–Crippen LogP) is 16.5. The van der Waals surface area contributed by atoms with E-state index in [2.05, 4.69) is 62.5 Å². The Balaban J connectivity index is 4.57. The van der Waals surface area contributed by atoms with Crippen LogP contribution in [0.4, 0.5) is 0 Å². The van der Waals surface area contributed by atoms with Crippen LogP contribution in [0.5, 0.6) is 0 Å². The molecular formula is C56H105NO5. The summed E-state index contributed by atoms with van der Waals surface area (Å²) in [5.74, 6) is -0.486. The lowest BCUT2D eigenvalue weighted by Gasteiger charge is -2.24. The van der Waals surface area contributed by atoms with Crippen LogP contribution in [0.15, 0.2) is 36.5 Å². The highest BCUT2D eigenvalue weighted by Crippen LogP contribution is 2.18. The Morgan fingerprint density at radius 3 is 1.32 bits per heavy atom. The summed E-state index contributed by atoms with van der Waals surface area (Å²) in [5, 5.41) is 23.8. The summed E-state index contributed by atoms with van der Waals surface area (Å²) < 4.78 is 5.94. The first-order valence-electron chi connectivity index (χ1n) is 27.2. The smallest absolute Gasteiger partial charge is 0.306 e. The number of hydrogen-bond donors (Lipinski definition) is 3. The Hall–Kier alpha value is -1.92. The summed E-state index contributed by atoms with van der Waals surface area (Å²) in [6.45, 7) is 6.39. The third-order valence-electron chi connectivity index (χ3n) is 12.5. The minimum absolute atomic E-state index is 0.0728. The zero-order chi connectivity index (χ0) is 45.2. The van der Waals surface area contributed by atoms with Crippen LogP contribution < -0.4 is 5.32 Å². The number of ether oxygens (including phenoxy) is 1. The molecule has 0 fully saturated rings. The predicted molar refractivity (Wildman–Crippen MR) is 269 cm³/mol. The minimum atomic E-state index is -0.789. The lowest BCUT2D eigenvalue weighted by Crippen LogP contribution is -2.46. The van der Waals surface area contributed by atoms with Crippen molar-refractivity contribution in [1.82, 2.24) is 5.32 Å². The first kappa shape index (κ1) is 60.1. The molecule has 0 saturated heterocycles. The molecule has 0 aliphatic heterocycles. The van der Waals surface area contributed by atoms with E-state index >= 15 is 0 Å². The van der Waals surface area contributed by atoms with E-state index in [-0.39, 0.29) is 24.9 Å². The van der Waals surface area contributed by atoms with Crippen molar-refractivity contribution in [2.75, 3.05) is 6.61 Å². The van der Waals surface area contributed by atoms with Gasteiger partial charge in [-0.25, -0.2) is 0 Å². The fourth-order valence-corrected chi connectivity index (χ4v) is 8.39. The first-order chi connectivity index (χ1) is 30.5. The van der Waals surface area contributed by atoms with E-state index in [9.17, 15) is 19.8 Å². The maximum atomic E-state index is 13.2. The quantitative estimate of drug-likeness (QED) is 0.0321. The van der Waals surface area contributed by atoms with Crippen molar-refractivity contribution in [3.8, 4) is 0 Å². The third-order valence-corrected chi connectivity index (χ3v) is 12.5. The molecule has 0 saturated carbocycles. The summed E-state index contributed by atoms with van der Waals surface area (Å²) >= 11 is 0. The molecule has 3 atom stereocenters. The second kappa shape index (κ2) is 50.1. The van der Waals surface area contributed by atoms with Gasteiger partial charge in [-0.2, -0.15) is 0 Å².